The highest BCUT2D eigenvalue weighted by Crippen LogP contribution is 2.33. The first-order valence-corrected chi connectivity index (χ1v) is 13.0. The second-order valence-corrected chi connectivity index (χ2v) is 9.89. The van der Waals surface area contributed by atoms with E-state index in [0.29, 0.717) is 31.5 Å². The number of aliphatic carboxylic acids is 1. The first kappa shape index (κ1) is 32.8. The van der Waals surface area contributed by atoms with E-state index in [2.05, 4.69) is 4.98 Å². The van der Waals surface area contributed by atoms with Crippen LogP contribution in [0.5, 0.6) is 11.6 Å². The van der Waals surface area contributed by atoms with Gasteiger partial charge < -0.3 is 20.5 Å². The number of carboxylic acids is 1. The minimum Gasteiger partial charge on any atom is -0.480 e. The molecule has 1 fully saturated rings. The van der Waals surface area contributed by atoms with E-state index >= 15 is 4.39 Å². The second kappa shape index (κ2) is 14.4. The van der Waals surface area contributed by atoms with Crippen molar-refractivity contribution < 1.29 is 23.4 Å². The maximum Gasteiger partial charge on any atom is 0.327 e. The number of rotatable bonds is 8. The normalized spacial score (nSPS) is 15.0. The Morgan fingerprint density at radius 1 is 0.952 bits per heavy atom. The van der Waals surface area contributed by atoms with Crippen molar-refractivity contribution in [3.8, 4) is 22.8 Å². The number of ether oxygens (including phenoxy) is 1. The van der Waals surface area contributed by atoms with Gasteiger partial charge in [-0.3, -0.25) is 4.90 Å². The molecule has 1 unspecified atom stereocenters. The van der Waals surface area contributed by atoms with Crippen LogP contribution in [0.4, 0.5) is 14.6 Å². The minimum atomic E-state index is -1.12. The molecule has 0 spiro atoms. The zero-order valence-corrected chi connectivity index (χ0v) is 24.5. The summed E-state index contributed by atoms with van der Waals surface area (Å²) in [6.45, 7) is 3.68. The van der Waals surface area contributed by atoms with E-state index in [1.165, 1.54) is 4.90 Å². The number of pyridine rings is 1. The molecule has 3 N–H and O–H groups in total. The molecule has 0 saturated carbocycles. The molecule has 11 heteroatoms. The third-order valence-electron chi connectivity index (χ3n) is 6.91. The molecule has 0 bridgehead atoms. The largest absolute Gasteiger partial charge is 0.480 e. The van der Waals surface area contributed by atoms with Gasteiger partial charge in [-0.05, 0) is 52.9 Å². The maximum atomic E-state index is 15.0. The van der Waals surface area contributed by atoms with Gasteiger partial charge >= 0.3 is 5.97 Å². The van der Waals surface area contributed by atoms with Crippen molar-refractivity contribution in [2.24, 2.45) is 5.73 Å². The van der Waals surface area contributed by atoms with Crippen LogP contribution in [0.25, 0.3) is 11.1 Å². The van der Waals surface area contributed by atoms with Crippen molar-refractivity contribution in [3.63, 3.8) is 0 Å². The van der Waals surface area contributed by atoms with Crippen LogP contribution in [0.3, 0.4) is 0 Å². The number of aryl methyl sites for hydroxylation is 1. The average Bonchev–Trinajstić information content (AvgIpc) is 2.95. The molecular weight excluding hydrogens is 585 g/mol. The summed E-state index contributed by atoms with van der Waals surface area (Å²) in [4.78, 5) is 19.7. The first-order valence-electron chi connectivity index (χ1n) is 13.0. The predicted molar refractivity (Wildman–Crippen MR) is 164 cm³/mol. The molecule has 2 heterocycles. The van der Waals surface area contributed by atoms with Gasteiger partial charge in [0.1, 0.15) is 11.8 Å². The molecule has 1 atom stereocenters. The fourth-order valence-electron chi connectivity index (χ4n) is 4.97. The lowest BCUT2D eigenvalue weighted by atomic mass is 10.0. The van der Waals surface area contributed by atoms with Gasteiger partial charge in [0.05, 0.1) is 0 Å². The van der Waals surface area contributed by atoms with E-state index in [4.69, 9.17) is 10.5 Å². The second-order valence-electron chi connectivity index (χ2n) is 9.89. The Balaban J connectivity index is 0.00000242. The van der Waals surface area contributed by atoms with Gasteiger partial charge in [-0.1, -0.05) is 54.6 Å². The Kier molecular flexibility index (Phi) is 11.2. The molecule has 0 radical (unpaired) electrons. The fraction of sp³-hybridized carbons (Fsp3) is 0.226. The number of benzene rings is 3. The monoisotopic (exact) mass is 616 g/mol. The molecule has 222 valence electrons. The number of halogens is 4. The number of aromatic nitrogens is 1. The number of carboxylic acid groups (broad SMARTS) is 1. The maximum absolute atomic E-state index is 15.0. The highest BCUT2D eigenvalue weighted by atomic mass is 35.5. The van der Waals surface area contributed by atoms with Crippen LogP contribution in [0.1, 0.15) is 16.7 Å². The van der Waals surface area contributed by atoms with Crippen molar-refractivity contribution in [1.82, 2.24) is 9.88 Å². The fourth-order valence-corrected chi connectivity index (χ4v) is 4.97. The number of hydrogen-bond acceptors (Lipinski definition) is 6. The number of piperazine rings is 1. The van der Waals surface area contributed by atoms with Crippen LogP contribution in [0.15, 0.2) is 78.9 Å². The quantitative estimate of drug-likeness (QED) is 0.243. The SMILES string of the molecule is Cc1cc(Oc2nc(N3CCN(Cc4ccccc4)CC3C(=O)O)c(F)cc2F)cc(-c2cccc(CN)c2)c1.Cl.Cl. The lowest BCUT2D eigenvalue weighted by molar-refractivity contribution is -0.139. The van der Waals surface area contributed by atoms with Crippen molar-refractivity contribution >= 4 is 36.6 Å². The molecule has 1 saturated heterocycles. The summed E-state index contributed by atoms with van der Waals surface area (Å²) in [6, 6.07) is 22.5. The van der Waals surface area contributed by atoms with Crippen molar-refractivity contribution in [1.29, 1.82) is 0 Å². The summed E-state index contributed by atoms with van der Waals surface area (Å²) in [5.41, 5.74) is 10.4. The van der Waals surface area contributed by atoms with Crippen LogP contribution >= 0.6 is 24.8 Å². The number of anilines is 1. The molecule has 7 nitrogen and oxygen atoms in total. The van der Waals surface area contributed by atoms with Crippen molar-refractivity contribution in [3.05, 3.63) is 107 Å². The summed E-state index contributed by atoms with van der Waals surface area (Å²) in [5, 5.41) is 9.98. The highest BCUT2D eigenvalue weighted by molar-refractivity contribution is 5.85. The van der Waals surface area contributed by atoms with Gasteiger partial charge in [-0.2, -0.15) is 4.98 Å². The molecule has 42 heavy (non-hydrogen) atoms. The Labute approximate surface area is 255 Å². The van der Waals surface area contributed by atoms with Gasteiger partial charge in [-0.15, -0.1) is 24.8 Å². The Bertz CT molecular complexity index is 1530. The molecule has 1 aromatic heterocycles. The molecule has 1 aliphatic rings. The highest BCUT2D eigenvalue weighted by Gasteiger charge is 2.35. The van der Waals surface area contributed by atoms with Gasteiger partial charge in [0, 0.05) is 38.8 Å². The molecule has 4 aromatic rings. The third kappa shape index (κ3) is 7.54. The third-order valence-corrected chi connectivity index (χ3v) is 6.91. The van der Waals surface area contributed by atoms with Crippen molar-refractivity contribution in [2.45, 2.75) is 26.1 Å². The summed E-state index contributed by atoms with van der Waals surface area (Å²) in [5.74, 6) is -3.42. The molecule has 5 rings (SSSR count). The van der Waals surface area contributed by atoms with Crippen LogP contribution < -0.4 is 15.4 Å². The summed E-state index contributed by atoms with van der Waals surface area (Å²) in [6.07, 6.45) is 0. The van der Waals surface area contributed by atoms with Gasteiger partial charge in [-0.25, -0.2) is 13.6 Å². The first-order chi connectivity index (χ1) is 19.3. The van der Waals surface area contributed by atoms with E-state index in [1.807, 2.05) is 72.5 Å². The molecule has 3 aromatic carbocycles. The smallest absolute Gasteiger partial charge is 0.327 e. The molecule has 1 aliphatic heterocycles. The topological polar surface area (TPSA) is 91.9 Å². The average molecular weight is 618 g/mol. The van der Waals surface area contributed by atoms with Crippen LogP contribution in [0, 0.1) is 18.6 Å². The molecule has 0 amide bonds. The summed E-state index contributed by atoms with van der Waals surface area (Å²) >= 11 is 0. The standard InChI is InChI=1S/C31H30F2N4O3.2ClH/c1-20-12-24(23-9-5-8-22(14-23)17-34)15-25(13-20)40-30-27(33)16-26(32)29(35-30)37-11-10-36(19-28(37)31(38)39)18-21-6-3-2-4-7-21;;/h2-9,12-16,28H,10-11,17-19,34H2,1H3,(H,38,39);2*1H. The summed E-state index contributed by atoms with van der Waals surface area (Å²) < 4.78 is 35.7. The van der Waals surface area contributed by atoms with E-state index in [1.54, 1.807) is 12.1 Å². The summed E-state index contributed by atoms with van der Waals surface area (Å²) in [7, 11) is 0. The Morgan fingerprint density at radius 2 is 1.69 bits per heavy atom. The molecular formula is C31H32Cl2F2N4O3. The predicted octanol–water partition coefficient (Wildman–Crippen LogP) is 6.21. The molecule has 0 aliphatic carbocycles. The van der Waals surface area contributed by atoms with Crippen LogP contribution in [0.2, 0.25) is 0 Å². The Morgan fingerprint density at radius 3 is 2.40 bits per heavy atom. The zero-order valence-electron chi connectivity index (χ0n) is 22.9. The number of nitrogens with two attached hydrogens (primary N) is 1. The van der Waals surface area contributed by atoms with Crippen LogP contribution in [-0.4, -0.2) is 46.6 Å². The van der Waals surface area contributed by atoms with Gasteiger partial charge in [0.15, 0.2) is 17.5 Å². The number of hydrogen-bond donors (Lipinski definition) is 2. The lowest BCUT2D eigenvalue weighted by Crippen LogP contribution is -2.56. The van der Waals surface area contributed by atoms with Crippen molar-refractivity contribution in [2.75, 3.05) is 24.5 Å². The Hall–Kier alpha value is -3.76. The zero-order chi connectivity index (χ0) is 28.2. The minimum absolute atomic E-state index is 0. The number of carbonyl (C=O) groups is 1. The van der Waals surface area contributed by atoms with Gasteiger partial charge in [0.2, 0.25) is 0 Å². The van der Waals surface area contributed by atoms with E-state index in [0.717, 1.165) is 27.8 Å². The van der Waals surface area contributed by atoms with Crippen LogP contribution in [-0.2, 0) is 17.9 Å². The van der Waals surface area contributed by atoms with E-state index in [-0.39, 0.29) is 43.7 Å². The van der Waals surface area contributed by atoms with E-state index < -0.39 is 29.5 Å². The van der Waals surface area contributed by atoms with E-state index in [9.17, 15) is 14.3 Å². The number of nitrogens with zero attached hydrogens (tertiary/aromatic N) is 3. The lowest BCUT2D eigenvalue weighted by Gasteiger charge is -2.40. The van der Waals surface area contributed by atoms with Gasteiger partial charge in [0.25, 0.3) is 5.88 Å².